The summed E-state index contributed by atoms with van der Waals surface area (Å²) in [4.78, 5) is 5.05. The fourth-order valence-corrected chi connectivity index (χ4v) is 6.16. The Kier molecular flexibility index (Phi) is 9.54. The van der Waals surface area contributed by atoms with Crippen LogP contribution in [0.3, 0.4) is 0 Å². The van der Waals surface area contributed by atoms with Crippen molar-refractivity contribution in [2.45, 2.75) is 72.1 Å². The van der Waals surface area contributed by atoms with E-state index in [-0.39, 0.29) is 6.61 Å². The van der Waals surface area contributed by atoms with Gasteiger partial charge in [-0.05, 0) is 69.2 Å². The summed E-state index contributed by atoms with van der Waals surface area (Å²) in [5.74, 6) is -11.3. The number of halogens is 5. The standard InChI is InChI=1S/C26H29F5OS2/c1-4-5-6-7-10-17-14-19(34-16(17)3)26-18(13-15(2)33-26)11-8-9-12-32-25-23(30)21(28)20(27)22(29)24(25)31/h13-14H,4-12H2,1-3H3. The second-order valence-electron chi connectivity index (χ2n) is 8.42. The van der Waals surface area contributed by atoms with Gasteiger partial charge in [0, 0.05) is 19.5 Å². The lowest BCUT2D eigenvalue weighted by atomic mass is 10.1. The van der Waals surface area contributed by atoms with Gasteiger partial charge in [-0.25, -0.2) is 13.2 Å². The Hall–Kier alpha value is -1.93. The van der Waals surface area contributed by atoms with Gasteiger partial charge < -0.3 is 4.74 Å². The summed E-state index contributed by atoms with van der Waals surface area (Å²) in [7, 11) is 0. The average Bonchev–Trinajstić information content (AvgIpc) is 3.37. The molecular weight excluding hydrogens is 487 g/mol. The van der Waals surface area contributed by atoms with E-state index in [1.165, 1.54) is 56.3 Å². The van der Waals surface area contributed by atoms with Gasteiger partial charge in [-0.1, -0.05) is 26.2 Å². The number of aryl methyl sites for hydroxylation is 4. The van der Waals surface area contributed by atoms with E-state index in [0.717, 1.165) is 12.8 Å². The van der Waals surface area contributed by atoms with Gasteiger partial charge in [0.05, 0.1) is 6.61 Å². The predicted octanol–water partition coefficient (Wildman–Crippen LogP) is 9.31. The largest absolute Gasteiger partial charge is 0.487 e. The van der Waals surface area contributed by atoms with Gasteiger partial charge in [-0.2, -0.15) is 8.78 Å². The molecule has 0 aliphatic heterocycles. The molecule has 0 aliphatic carbocycles. The van der Waals surface area contributed by atoms with Crippen LogP contribution in [0.1, 0.15) is 66.3 Å². The highest BCUT2D eigenvalue weighted by Gasteiger charge is 2.27. The summed E-state index contributed by atoms with van der Waals surface area (Å²) < 4.78 is 72.1. The lowest BCUT2D eigenvalue weighted by Gasteiger charge is -2.10. The lowest BCUT2D eigenvalue weighted by molar-refractivity contribution is 0.256. The monoisotopic (exact) mass is 516 g/mol. The number of benzene rings is 1. The fourth-order valence-electron chi connectivity index (χ4n) is 3.89. The van der Waals surface area contributed by atoms with Crippen LogP contribution in [0.2, 0.25) is 0 Å². The first-order valence-electron chi connectivity index (χ1n) is 11.6. The zero-order valence-electron chi connectivity index (χ0n) is 19.6. The van der Waals surface area contributed by atoms with Gasteiger partial charge in [0.2, 0.25) is 29.1 Å². The Morgan fingerprint density at radius 1 is 0.706 bits per heavy atom. The van der Waals surface area contributed by atoms with Crippen molar-refractivity contribution in [1.29, 1.82) is 0 Å². The summed E-state index contributed by atoms with van der Waals surface area (Å²) in [5.41, 5.74) is 2.61. The van der Waals surface area contributed by atoms with Crippen molar-refractivity contribution in [2.75, 3.05) is 6.61 Å². The highest BCUT2D eigenvalue weighted by molar-refractivity contribution is 7.22. The molecule has 2 heterocycles. The van der Waals surface area contributed by atoms with Crippen LogP contribution in [0.15, 0.2) is 12.1 Å². The first kappa shape index (κ1) is 26.7. The molecule has 0 radical (unpaired) electrons. The molecule has 2 aromatic heterocycles. The number of ether oxygens (including phenoxy) is 1. The molecule has 0 atom stereocenters. The molecule has 0 bridgehead atoms. The third-order valence-corrected chi connectivity index (χ3v) is 8.10. The van der Waals surface area contributed by atoms with Gasteiger partial charge in [-0.15, -0.1) is 22.7 Å². The summed E-state index contributed by atoms with van der Waals surface area (Å²) in [5, 5.41) is 0. The third-order valence-electron chi connectivity index (χ3n) is 5.73. The van der Waals surface area contributed by atoms with E-state index in [1.54, 1.807) is 11.3 Å². The second kappa shape index (κ2) is 12.2. The first-order valence-corrected chi connectivity index (χ1v) is 13.2. The molecule has 3 rings (SSSR count). The molecule has 0 saturated heterocycles. The highest BCUT2D eigenvalue weighted by Crippen LogP contribution is 2.39. The van der Waals surface area contributed by atoms with Crippen LogP contribution in [0.5, 0.6) is 5.75 Å². The minimum Gasteiger partial charge on any atom is -0.487 e. The summed E-state index contributed by atoms with van der Waals surface area (Å²) in [6.45, 7) is 6.30. The Labute approximate surface area is 205 Å². The normalized spacial score (nSPS) is 11.4. The van der Waals surface area contributed by atoms with Gasteiger partial charge in [-0.3, -0.25) is 0 Å². The molecule has 0 aliphatic rings. The first-order chi connectivity index (χ1) is 16.2. The van der Waals surface area contributed by atoms with Crippen molar-refractivity contribution in [1.82, 2.24) is 0 Å². The quantitative estimate of drug-likeness (QED) is 0.101. The van der Waals surface area contributed by atoms with Crippen LogP contribution in [0.25, 0.3) is 9.75 Å². The number of rotatable bonds is 12. The minimum absolute atomic E-state index is 0.142. The number of hydrogen-bond acceptors (Lipinski definition) is 3. The smallest absolute Gasteiger partial charge is 0.206 e. The van der Waals surface area contributed by atoms with Crippen molar-refractivity contribution in [3.63, 3.8) is 0 Å². The van der Waals surface area contributed by atoms with E-state index in [9.17, 15) is 22.0 Å². The molecule has 0 unspecified atom stereocenters. The van der Waals surface area contributed by atoms with Crippen LogP contribution in [0, 0.1) is 42.9 Å². The molecule has 186 valence electrons. The van der Waals surface area contributed by atoms with Crippen molar-refractivity contribution in [3.8, 4) is 15.5 Å². The Morgan fingerprint density at radius 2 is 1.32 bits per heavy atom. The SMILES string of the molecule is CCCCCCc1cc(-c2sc(C)cc2CCCCOc2c(F)c(F)c(F)c(F)c2F)sc1C. The molecule has 1 aromatic carbocycles. The third kappa shape index (κ3) is 6.19. The minimum atomic E-state index is -2.18. The van der Waals surface area contributed by atoms with Crippen molar-refractivity contribution in [2.24, 2.45) is 0 Å². The zero-order chi connectivity index (χ0) is 24.8. The predicted molar refractivity (Wildman–Crippen MR) is 130 cm³/mol. The van der Waals surface area contributed by atoms with Crippen LogP contribution in [-0.2, 0) is 12.8 Å². The van der Waals surface area contributed by atoms with Crippen LogP contribution >= 0.6 is 22.7 Å². The number of thiophene rings is 2. The molecule has 1 nitrogen and oxygen atoms in total. The Morgan fingerprint density at radius 3 is 2.00 bits per heavy atom. The van der Waals surface area contributed by atoms with E-state index < -0.39 is 34.8 Å². The summed E-state index contributed by atoms with van der Waals surface area (Å²) in [6, 6.07) is 4.45. The van der Waals surface area contributed by atoms with E-state index in [0.29, 0.717) is 12.8 Å². The average molecular weight is 517 g/mol. The molecule has 34 heavy (non-hydrogen) atoms. The summed E-state index contributed by atoms with van der Waals surface area (Å²) in [6.07, 6.45) is 7.84. The molecular formula is C26H29F5OS2. The van der Waals surface area contributed by atoms with Crippen LogP contribution in [0.4, 0.5) is 22.0 Å². The molecule has 0 amide bonds. The molecule has 0 saturated carbocycles. The van der Waals surface area contributed by atoms with Crippen molar-refractivity contribution >= 4 is 22.7 Å². The number of unbranched alkanes of at least 4 members (excludes halogenated alkanes) is 4. The Bertz CT molecular complexity index is 1090. The van der Waals surface area contributed by atoms with E-state index in [1.807, 2.05) is 11.3 Å². The van der Waals surface area contributed by atoms with Gasteiger partial charge >= 0.3 is 0 Å². The van der Waals surface area contributed by atoms with Crippen molar-refractivity contribution < 1.29 is 26.7 Å². The topological polar surface area (TPSA) is 9.23 Å². The maximum Gasteiger partial charge on any atom is 0.206 e. The second-order valence-corrected chi connectivity index (χ2v) is 10.9. The van der Waals surface area contributed by atoms with Crippen LogP contribution in [-0.4, -0.2) is 6.61 Å². The van der Waals surface area contributed by atoms with E-state index in [2.05, 4.69) is 32.9 Å². The van der Waals surface area contributed by atoms with E-state index in [4.69, 9.17) is 4.74 Å². The van der Waals surface area contributed by atoms with Gasteiger partial charge in [0.1, 0.15) is 0 Å². The Balaban J connectivity index is 1.59. The summed E-state index contributed by atoms with van der Waals surface area (Å²) >= 11 is 3.56. The molecule has 8 heteroatoms. The highest BCUT2D eigenvalue weighted by atomic mass is 32.1. The van der Waals surface area contributed by atoms with Gasteiger partial charge in [0.25, 0.3) is 0 Å². The lowest BCUT2D eigenvalue weighted by Crippen LogP contribution is -2.08. The molecule has 0 fully saturated rings. The number of hydrogen-bond donors (Lipinski definition) is 0. The molecule has 3 aromatic rings. The maximum atomic E-state index is 13.7. The molecule has 0 N–H and O–H groups in total. The van der Waals surface area contributed by atoms with E-state index >= 15 is 0 Å². The maximum absolute atomic E-state index is 13.7. The zero-order valence-corrected chi connectivity index (χ0v) is 21.3. The van der Waals surface area contributed by atoms with Crippen molar-refractivity contribution in [3.05, 3.63) is 62.1 Å². The van der Waals surface area contributed by atoms with Crippen LogP contribution < -0.4 is 4.74 Å². The molecule has 0 spiro atoms. The van der Waals surface area contributed by atoms with Gasteiger partial charge in [0.15, 0.2) is 5.75 Å². The fraction of sp³-hybridized carbons (Fsp3) is 0.462.